The second-order valence-corrected chi connectivity index (χ2v) is 5.29. The lowest BCUT2D eigenvalue weighted by Gasteiger charge is -2.10. The molecule has 23 heavy (non-hydrogen) atoms. The minimum atomic E-state index is -0.387. The number of aromatic nitrogens is 3. The molecule has 0 aromatic carbocycles. The van der Waals surface area contributed by atoms with Crippen LogP contribution in [0.5, 0.6) is 0 Å². The zero-order chi connectivity index (χ0) is 16.1. The number of carbonyl (C=O) groups is 1. The molecule has 0 spiro atoms. The van der Waals surface area contributed by atoms with Crippen LogP contribution in [-0.2, 0) is 0 Å². The Bertz CT molecular complexity index is 752. The lowest BCUT2D eigenvalue weighted by atomic mass is 10.0. The Morgan fingerprint density at radius 2 is 2.09 bits per heavy atom. The van der Waals surface area contributed by atoms with Crippen LogP contribution < -0.4 is 5.32 Å². The first kappa shape index (κ1) is 14.9. The number of aromatic amines is 1. The average molecular weight is 308 g/mol. The molecule has 1 amide bonds. The minimum Gasteiger partial charge on any atom is -0.351 e. The number of hydrogen-bond donors (Lipinski definition) is 2. The quantitative estimate of drug-likeness (QED) is 0.767. The third-order valence-corrected chi connectivity index (χ3v) is 3.72. The molecular formula is C16H16N6O. The van der Waals surface area contributed by atoms with Crippen LogP contribution in [0, 0.1) is 12.3 Å². The first-order chi connectivity index (χ1) is 11.2. The summed E-state index contributed by atoms with van der Waals surface area (Å²) in [6.45, 7) is 0.477. The van der Waals surface area contributed by atoms with Crippen molar-refractivity contribution in [2.24, 2.45) is 10.2 Å². The van der Waals surface area contributed by atoms with Gasteiger partial charge in [0.2, 0.25) is 0 Å². The van der Waals surface area contributed by atoms with Crippen LogP contribution in [0.4, 0.5) is 0 Å². The van der Waals surface area contributed by atoms with E-state index in [2.05, 4.69) is 36.6 Å². The lowest BCUT2D eigenvalue weighted by molar-refractivity contribution is 0.0947. The monoisotopic (exact) mass is 308 g/mol. The van der Waals surface area contributed by atoms with E-state index in [1.807, 2.05) is 12.1 Å². The molecule has 1 aliphatic heterocycles. The van der Waals surface area contributed by atoms with Crippen molar-refractivity contribution in [2.75, 3.05) is 6.54 Å². The van der Waals surface area contributed by atoms with Crippen molar-refractivity contribution >= 4 is 5.91 Å². The van der Waals surface area contributed by atoms with E-state index in [9.17, 15) is 4.79 Å². The van der Waals surface area contributed by atoms with Crippen molar-refractivity contribution in [1.82, 2.24) is 20.5 Å². The molecule has 3 rings (SSSR count). The van der Waals surface area contributed by atoms with Gasteiger partial charge >= 0.3 is 0 Å². The fraction of sp³-hybridized carbons (Fsp3) is 0.312. The third-order valence-electron chi connectivity index (χ3n) is 3.72. The number of hydrogen-bond acceptors (Lipinski definition) is 5. The third kappa shape index (κ3) is 3.43. The van der Waals surface area contributed by atoms with Gasteiger partial charge in [-0.1, -0.05) is 0 Å². The molecule has 116 valence electrons. The maximum atomic E-state index is 12.3. The second-order valence-electron chi connectivity index (χ2n) is 5.29. The molecule has 0 aliphatic carbocycles. The Kier molecular flexibility index (Phi) is 4.15. The van der Waals surface area contributed by atoms with Gasteiger partial charge in [0.25, 0.3) is 5.91 Å². The predicted molar refractivity (Wildman–Crippen MR) is 84.4 cm³/mol. The minimum absolute atomic E-state index is 0.206. The maximum absolute atomic E-state index is 12.3. The van der Waals surface area contributed by atoms with E-state index in [-0.39, 0.29) is 11.6 Å². The van der Waals surface area contributed by atoms with E-state index >= 15 is 0 Å². The van der Waals surface area contributed by atoms with Gasteiger partial charge in [-0.3, -0.25) is 14.9 Å². The molecule has 0 saturated carbocycles. The number of carbonyl (C=O) groups excluding carboxylic acids is 1. The molecule has 2 N–H and O–H groups in total. The topological polar surface area (TPSA) is 95.4 Å². The van der Waals surface area contributed by atoms with Crippen LogP contribution in [-0.4, -0.2) is 33.3 Å². The molecule has 7 nitrogen and oxygen atoms in total. The first-order valence-electron chi connectivity index (χ1n) is 7.34. The zero-order valence-corrected chi connectivity index (χ0v) is 12.5. The fourth-order valence-corrected chi connectivity index (χ4v) is 2.34. The van der Waals surface area contributed by atoms with Gasteiger partial charge in [0.15, 0.2) is 5.66 Å². The highest BCUT2D eigenvalue weighted by Gasteiger charge is 2.38. The zero-order valence-electron chi connectivity index (χ0n) is 12.5. The summed E-state index contributed by atoms with van der Waals surface area (Å²) in [5.41, 5.74) is 1.67. The van der Waals surface area contributed by atoms with Gasteiger partial charge in [-0.2, -0.15) is 15.3 Å². The largest absolute Gasteiger partial charge is 0.351 e. The van der Waals surface area contributed by atoms with E-state index in [0.29, 0.717) is 25.1 Å². The summed E-state index contributed by atoms with van der Waals surface area (Å²) in [6, 6.07) is 3.66. The molecule has 0 unspecified atom stereocenters. The summed E-state index contributed by atoms with van der Waals surface area (Å²) in [5, 5.41) is 17.7. The van der Waals surface area contributed by atoms with Crippen molar-refractivity contribution in [2.45, 2.75) is 24.9 Å². The van der Waals surface area contributed by atoms with Crippen molar-refractivity contribution in [3.63, 3.8) is 0 Å². The van der Waals surface area contributed by atoms with Crippen LogP contribution >= 0.6 is 0 Å². The standard InChI is InChI=1S/C16H16N6O/c1-2-3-6-16(21-22-16)7-10-18-15(23)14-13(11-19-20-14)12-4-8-17-9-5-12/h1,4-5,8-9,11H,3,6-7,10H2,(H,18,23)(H,19,20). The van der Waals surface area contributed by atoms with E-state index in [1.165, 1.54) is 0 Å². The van der Waals surface area contributed by atoms with Crippen LogP contribution in [0.1, 0.15) is 29.8 Å². The molecule has 7 heteroatoms. The first-order valence-corrected chi connectivity index (χ1v) is 7.34. The number of rotatable bonds is 7. The number of pyridine rings is 1. The Labute approximate surface area is 133 Å². The van der Waals surface area contributed by atoms with Crippen LogP contribution in [0.25, 0.3) is 11.1 Å². The van der Waals surface area contributed by atoms with Gasteiger partial charge in [0, 0.05) is 43.8 Å². The van der Waals surface area contributed by atoms with Gasteiger partial charge < -0.3 is 5.32 Å². The fourth-order valence-electron chi connectivity index (χ4n) is 2.34. The number of amides is 1. The molecule has 0 radical (unpaired) electrons. The number of nitrogens with one attached hydrogen (secondary N) is 2. The Morgan fingerprint density at radius 1 is 1.30 bits per heavy atom. The summed E-state index contributed by atoms with van der Waals surface area (Å²) in [7, 11) is 0. The Hall–Kier alpha value is -3.01. The van der Waals surface area contributed by atoms with Gasteiger partial charge in [-0.15, -0.1) is 12.3 Å². The highest BCUT2D eigenvalue weighted by Crippen LogP contribution is 2.36. The Morgan fingerprint density at radius 3 is 2.78 bits per heavy atom. The van der Waals surface area contributed by atoms with Crippen molar-refractivity contribution in [3.05, 3.63) is 36.4 Å². The smallest absolute Gasteiger partial charge is 0.269 e. The SMILES string of the molecule is C#CCCC1(CCNC(=O)c2[nH]ncc2-c2ccncc2)N=N1. The molecule has 3 heterocycles. The van der Waals surface area contributed by atoms with Crippen molar-refractivity contribution < 1.29 is 4.79 Å². The Balaban J connectivity index is 1.58. The summed E-state index contributed by atoms with van der Waals surface area (Å²) in [5.74, 6) is 2.38. The number of nitrogens with zero attached hydrogens (tertiary/aromatic N) is 4. The van der Waals surface area contributed by atoms with Crippen molar-refractivity contribution in [1.29, 1.82) is 0 Å². The second kappa shape index (κ2) is 6.40. The van der Waals surface area contributed by atoms with Crippen LogP contribution in [0.15, 0.2) is 41.0 Å². The molecule has 0 atom stereocenters. The number of terminal acetylenes is 1. The van der Waals surface area contributed by atoms with Crippen LogP contribution in [0.2, 0.25) is 0 Å². The highest BCUT2D eigenvalue weighted by molar-refractivity contribution is 5.98. The average Bonchev–Trinajstić information content (AvgIpc) is 3.17. The van der Waals surface area contributed by atoms with Crippen molar-refractivity contribution in [3.8, 4) is 23.5 Å². The molecule has 2 aromatic rings. The summed E-state index contributed by atoms with van der Waals surface area (Å²) in [6.07, 6.45) is 12.3. The summed E-state index contributed by atoms with van der Waals surface area (Å²) in [4.78, 5) is 16.3. The van der Waals surface area contributed by atoms with Gasteiger partial charge in [-0.05, 0) is 17.7 Å². The predicted octanol–water partition coefficient (Wildman–Crippen LogP) is 2.17. The summed E-state index contributed by atoms with van der Waals surface area (Å²) < 4.78 is 0. The van der Waals surface area contributed by atoms with E-state index in [4.69, 9.17) is 6.42 Å². The summed E-state index contributed by atoms with van der Waals surface area (Å²) >= 11 is 0. The van der Waals surface area contributed by atoms with Gasteiger partial charge in [0.1, 0.15) is 5.69 Å². The molecular weight excluding hydrogens is 292 g/mol. The molecule has 2 aromatic heterocycles. The molecule has 1 aliphatic rings. The van der Waals surface area contributed by atoms with Crippen LogP contribution in [0.3, 0.4) is 0 Å². The van der Waals surface area contributed by atoms with Gasteiger partial charge in [0.05, 0.1) is 6.20 Å². The highest BCUT2D eigenvalue weighted by atomic mass is 16.1. The van der Waals surface area contributed by atoms with E-state index in [1.54, 1.807) is 18.6 Å². The van der Waals surface area contributed by atoms with E-state index < -0.39 is 0 Å². The molecule has 0 fully saturated rings. The maximum Gasteiger partial charge on any atom is 0.269 e. The van der Waals surface area contributed by atoms with E-state index in [0.717, 1.165) is 17.5 Å². The molecule has 0 saturated heterocycles. The van der Waals surface area contributed by atoms with Gasteiger partial charge in [-0.25, -0.2) is 0 Å². The normalized spacial score (nSPS) is 14.2. The number of H-pyrrole nitrogens is 1. The lowest BCUT2D eigenvalue weighted by Crippen LogP contribution is -2.29. The molecule has 0 bridgehead atoms.